The molecule has 1 aliphatic carbocycles. The largest absolute Gasteiger partial charge is 0.364 e. The maximum atomic E-state index is 12.7. The van der Waals surface area contributed by atoms with Crippen LogP contribution in [0.15, 0.2) is 12.1 Å². The third kappa shape index (κ3) is 0.693. The first kappa shape index (κ1) is 6.54. The molecule has 3 heteroatoms. The first-order valence-electron chi connectivity index (χ1n) is 3.89. The lowest BCUT2D eigenvalue weighted by molar-refractivity contribution is 0.359. The van der Waals surface area contributed by atoms with Gasteiger partial charge in [-0.2, -0.15) is 0 Å². The topological polar surface area (TPSA) is 12.5 Å². The standard InChI is InChI=1S/C9H6F2O/c10-6-1-4-2-8-9(12-8)5(4)3-7(6)11/h1,3,8-9H,2H2. The molecule has 3 rings (SSSR count). The molecule has 0 bridgehead atoms. The molecule has 2 atom stereocenters. The summed E-state index contributed by atoms with van der Waals surface area (Å²) in [5.41, 5.74) is 1.73. The molecule has 12 heavy (non-hydrogen) atoms. The average Bonchev–Trinajstić information content (AvgIpc) is 2.70. The van der Waals surface area contributed by atoms with Crippen LogP contribution in [-0.4, -0.2) is 6.10 Å². The van der Waals surface area contributed by atoms with Gasteiger partial charge < -0.3 is 4.74 Å². The van der Waals surface area contributed by atoms with E-state index in [1.807, 2.05) is 0 Å². The Morgan fingerprint density at radius 2 is 2.00 bits per heavy atom. The zero-order chi connectivity index (χ0) is 8.29. The van der Waals surface area contributed by atoms with Gasteiger partial charge in [0.05, 0.1) is 6.10 Å². The van der Waals surface area contributed by atoms with E-state index in [4.69, 9.17) is 4.74 Å². The molecular formula is C9H6F2O. The third-order valence-corrected chi connectivity index (χ3v) is 2.49. The Labute approximate surface area is 68.0 Å². The summed E-state index contributed by atoms with van der Waals surface area (Å²) < 4.78 is 30.6. The van der Waals surface area contributed by atoms with Crippen molar-refractivity contribution in [3.8, 4) is 0 Å². The van der Waals surface area contributed by atoms with Gasteiger partial charge in [-0.05, 0) is 23.3 Å². The predicted molar refractivity (Wildman–Crippen MR) is 37.7 cm³/mol. The van der Waals surface area contributed by atoms with Gasteiger partial charge in [0.2, 0.25) is 0 Å². The summed E-state index contributed by atoms with van der Waals surface area (Å²) in [6, 6.07) is 2.53. The number of fused-ring (bicyclic) bond motifs is 3. The Morgan fingerprint density at radius 3 is 2.83 bits per heavy atom. The first-order chi connectivity index (χ1) is 5.75. The summed E-state index contributed by atoms with van der Waals surface area (Å²) in [5, 5.41) is 0. The summed E-state index contributed by atoms with van der Waals surface area (Å²) in [7, 11) is 0. The fourth-order valence-electron chi connectivity index (χ4n) is 1.83. The molecule has 62 valence electrons. The quantitative estimate of drug-likeness (QED) is 0.539. The lowest BCUT2D eigenvalue weighted by atomic mass is 10.1. The molecule has 0 spiro atoms. The van der Waals surface area contributed by atoms with Gasteiger partial charge in [0.1, 0.15) is 6.10 Å². The first-order valence-corrected chi connectivity index (χ1v) is 3.89. The maximum Gasteiger partial charge on any atom is 0.159 e. The van der Waals surface area contributed by atoms with E-state index in [1.165, 1.54) is 12.1 Å². The summed E-state index contributed by atoms with van der Waals surface area (Å²) in [6.07, 6.45) is 0.980. The second-order valence-electron chi connectivity index (χ2n) is 3.26. The molecule has 1 aliphatic heterocycles. The van der Waals surface area contributed by atoms with Gasteiger partial charge in [-0.15, -0.1) is 0 Å². The maximum absolute atomic E-state index is 12.7. The van der Waals surface area contributed by atoms with E-state index in [-0.39, 0.29) is 12.2 Å². The Kier molecular flexibility index (Phi) is 1.01. The van der Waals surface area contributed by atoms with Crippen LogP contribution in [-0.2, 0) is 11.2 Å². The number of halogens is 2. The van der Waals surface area contributed by atoms with E-state index in [9.17, 15) is 8.78 Å². The predicted octanol–water partition coefficient (Wildman–Crippen LogP) is 1.96. The molecule has 1 fully saturated rings. The van der Waals surface area contributed by atoms with Gasteiger partial charge >= 0.3 is 0 Å². The second kappa shape index (κ2) is 1.85. The number of hydrogen-bond acceptors (Lipinski definition) is 1. The number of ether oxygens (including phenoxy) is 1. The monoisotopic (exact) mass is 168 g/mol. The van der Waals surface area contributed by atoms with Gasteiger partial charge in [-0.3, -0.25) is 0 Å². The zero-order valence-corrected chi connectivity index (χ0v) is 6.18. The van der Waals surface area contributed by atoms with Crippen LogP contribution in [0.1, 0.15) is 17.2 Å². The minimum Gasteiger partial charge on any atom is -0.364 e. The van der Waals surface area contributed by atoms with Crippen molar-refractivity contribution in [3.63, 3.8) is 0 Å². The molecular weight excluding hydrogens is 162 g/mol. The van der Waals surface area contributed by atoms with E-state index in [1.54, 1.807) is 0 Å². The Morgan fingerprint density at radius 1 is 1.25 bits per heavy atom. The lowest BCUT2D eigenvalue weighted by Gasteiger charge is -2.02. The highest BCUT2D eigenvalue weighted by Crippen LogP contribution is 2.48. The molecule has 2 unspecified atom stereocenters. The lowest BCUT2D eigenvalue weighted by Crippen LogP contribution is -1.93. The van der Waals surface area contributed by atoms with Crippen molar-refractivity contribution in [1.29, 1.82) is 0 Å². The normalized spacial score (nSPS) is 29.8. The summed E-state index contributed by atoms with van der Waals surface area (Å²) in [6.45, 7) is 0. The Hall–Kier alpha value is -0.960. The molecule has 0 amide bonds. The SMILES string of the molecule is Fc1cc2c(cc1F)C1OC1C2. The van der Waals surface area contributed by atoms with Crippen molar-refractivity contribution in [1.82, 2.24) is 0 Å². The molecule has 1 aromatic rings. The van der Waals surface area contributed by atoms with Crippen molar-refractivity contribution >= 4 is 0 Å². The van der Waals surface area contributed by atoms with Crippen LogP contribution in [0.5, 0.6) is 0 Å². The number of epoxide rings is 1. The molecule has 1 heterocycles. The number of hydrogen-bond donors (Lipinski definition) is 0. The molecule has 1 saturated heterocycles. The van der Waals surface area contributed by atoms with E-state index in [2.05, 4.69) is 0 Å². The summed E-state index contributed by atoms with van der Waals surface area (Å²) in [5.74, 6) is -1.53. The fraction of sp³-hybridized carbons (Fsp3) is 0.333. The van der Waals surface area contributed by atoms with Crippen LogP contribution < -0.4 is 0 Å². The van der Waals surface area contributed by atoms with Crippen LogP contribution >= 0.6 is 0 Å². The molecule has 1 aromatic carbocycles. The van der Waals surface area contributed by atoms with Gasteiger partial charge in [0.25, 0.3) is 0 Å². The second-order valence-corrected chi connectivity index (χ2v) is 3.26. The van der Waals surface area contributed by atoms with Crippen LogP contribution in [0.25, 0.3) is 0 Å². The molecule has 0 saturated carbocycles. The average molecular weight is 168 g/mol. The summed E-state index contributed by atoms with van der Waals surface area (Å²) >= 11 is 0. The minimum atomic E-state index is -0.773. The van der Waals surface area contributed by atoms with Crippen LogP contribution in [0.2, 0.25) is 0 Å². The van der Waals surface area contributed by atoms with Crippen molar-refractivity contribution in [2.75, 3.05) is 0 Å². The number of rotatable bonds is 0. The molecule has 1 nitrogen and oxygen atoms in total. The van der Waals surface area contributed by atoms with Crippen molar-refractivity contribution < 1.29 is 13.5 Å². The van der Waals surface area contributed by atoms with Crippen molar-refractivity contribution in [2.45, 2.75) is 18.6 Å². The molecule has 2 aliphatic rings. The van der Waals surface area contributed by atoms with Crippen molar-refractivity contribution in [3.05, 3.63) is 34.9 Å². The molecule has 0 aromatic heterocycles. The smallest absolute Gasteiger partial charge is 0.159 e. The highest BCUT2D eigenvalue weighted by Gasteiger charge is 2.47. The van der Waals surface area contributed by atoms with Crippen LogP contribution in [0.3, 0.4) is 0 Å². The van der Waals surface area contributed by atoms with Crippen LogP contribution in [0.4, 0.5) is 8.78 Å². The Bertz CT molecular complexity index is 362. The fourth-order valence-corrected chi connectivity index (χ4v) is 1.83. The minimum absolute atomic E-state index is 0.0510. The van der Waals surface area contributed by atoms with E-state index in [0.29, 0.717) is 0 Å². The highest BCUT2D eigenvalue weighted by molar-refractivity contribution is 5.40. The van der Waals surface area contributed by atoms with Gasteiger partial charge in [0.15, 0.2) is 11.6 Å². The molecule has 0 radical (unpaired) electrons. The molecule has 0 N–H and O–H groups in total. The van der Waals surface area contributed by atoms with Crippen LogP contribution in [0, 0.1) is 11.6 Å². The zero-order valence-electron chi connectivity index (χ0n) is 6.18. The van der Waals surface area contributed by atoms with Gasteiger partial charge in [-0.1, -0.05) is 0 Å². The van der Waals surface area contributed by atoms with Crippen molar-refractivity contribution in [2.24, 2.45) is 0 Å². The summed E-state index contributed by atoms with van der Waals surface area (Å²) in [4.78, 5) is 0. The van der Waals surface area contributed by atoms with E-state index >= 15 is 0 Å². The van der Waals surface area contributed by atoms with E-state index in [0.717, 1.165) is 17.5 Å². The third-order valence-electron chi connectivity index (χ3n) is 2.49. The highest BCUT2D eigenvalue weighted by atomic mass is 19.2. The Balaban J connectivity index is 2.20. The van der Waals surface area contributed by atoms with Gasteiger partial charge in [0, 0.05) is 6.42 Å². The van der Waals surface area contributed by atoms with E-state index < -0.39 is 11.6 Å². The van der Waals surface area contributed by atoms with Gasteiger partial charge in [-0.25, -0.2) is 8.78 Å². The number of benzene rings is 1.